The summed E-state index contributed by atoms with van der Waals surface area (Å²) < 4.78 is 23.7. The molecule has 0 spiro atoms. The summed E-state index contributed by atoms with van der Waals surface area (Å²) in [5, 5.41) is 9.04. The minimum atomic E-state index is -3.25. The summed E-state index contributed by atoms with van der Waals surface area (Å²) >= 11 is 0. The summed E-state index contributed by atoms with van der Waals surface area (Å²) in [6, 6.07) is 15.0. The molecule has 1 N–H and O–H groups in total. The van der Waals surface area contributed by atoms with E-state index in [1.807, 2.05) is 42.5 Å². The molecule has 2 rings (SSSR count). The van der Waals surface area contributed by atoms with E-state index < -0.39 is 13.6 Å². The van der Waals surface area contributed by atoms with Gasteiger partial charge in [0.2, 0.25) is 0 Å². The van der Waals surface area contributed by atoms with Gasteiger partial charge in [0.15, 0.2) is 0 Å². The predicted octanol–water partition coefficient (Wildman–Crippen LogP) is 4.75. The van der Waals surface area contributed by atoms with Gasteiger partial charge >= 0.3 is 13.6 Å². The Labute approximate surface area is 148 Å². The van der Waals surface area contributed by atoms with Crippen molar-refractivity contribution >= 4 is 13.6 Å². The van der Waals surface area contributed by atoms with Gasteiger partial charge in [0.1, 0.15) is 0 Å². The molecule has 0 bridgehead atoms. The molecule has 0 aromatic heterocycles. The largest absolute Gasteiger partial charge is 0.481 e. The van der Waals surface area contributed by atoms with E-state index in [9.17, 15) is 9.36 Å². The van der Waals surface area contributed by atoms with Gasteiger partial charge in [-0.3, -0.25) is 9.36 Å². The molecule has 0 saturated carbocycles. The number of carbonyl (C=O) groups is 1. The Kier molecular flexibility index (Phi) is 6.94. The molecular weight excluding hydrogens is 339 g/mol. The van der Waals surface area contributed by atoms with Gasteiger partial charge in [0.05, 0.1) is 25.8 Å². The third-order valence-corrected chi connectivity index (χ3v) is 5.66. The summed E-state index contributed by atoms with van der Waals surface area (Å²) in [5.74, 6) is -0.888. The molecule has 0 amide bonds. The Balaban J connectivity index is 2.45. The molecule has 25 heavy (non-hydrogen) atoms. The average molecular weight is 362 g/mol. The first-order valence-electron chi connectivity index (χ1n) is 8.24. The Bertz CT molecular complexity index is 748. The van der Waals surface area contributed by atoms with Crippen LogP contribution in [-0.2, 0) is 31.0 Å². The van der Waals surface area contributed by atoms with Crippen molar-refractivity contribution in [2.24, 2.45) is 0 Å². The minimum Gasteiger partial charge on any atom is -0.481 e. The van der Waals surface area contributed by atoms with Crippen LogP contribution in [0.1, 0.15) is 25.0 Å². The molecule has 6 heteroatoms. The van der Waals surface area contributed by atoms with Gasteiger partial charge in [-0.05, 0) is 36.1 Å². The number of hydrogen-bond acceptors (Lipinski definition) is 4. The fourth-order valence-electron chi connectivity index (χ4n) is 2.66. The maximum absolute atomic E-state index is 12.9. The second-order valence-electron chi connectivity index (χ2n) is 5.53. The Morgan fingerprint density at radius 2 is 1.68 bits per heavy atom. The molecule has 5 nitrogen and oxygen atoms in total. The molecule has 2 aromatic rings. The van der Waals surface area contributed by atoms with Crippen LogP contribution in [0.5, 0.6) is 0 Å². The van der Waals surface area contributed by atoms with E-state index in [1.165, 1.54) is 0 Å². The Morgan fingerprint density at radius 3 is 2.24 bits per heavy atom. The number of rotatable bonds is 9. The standard InChI is InChI=1S/C19H23O5P/c1-3-23-25(22,24-4-2)14-17-11-10-15(13-19(20)21)12-18(17)16-8-6-5-7-9-16/h5-12H,3-4,13-14H2,1-2H3,(H,20,21). The summed E-state index contributed by atoms with van der Waals surface area (Å²) in [6.45, 7) is 4.16. The van der Waals surface area contributed by atoms with Crippen LogP contribution in [0.2, 0.25) is 0 Å². The van der Waals surface area contributed by atoms with Gasteiger partial charge in [-0.15, -0.1) is 0 Å². The predicted molar refractivity (Wildman–Crippen MR) is 97.8 cm³/mol. The zero-order valence-electron chi connectivity index (χ0n) is 14.5. The zero-order chi connectivity index (χ0) is 18.3. The van der Waals surface area contributed by atoms with Crippen LogP contribution in [0.15, 0.2) is 48.5 Å². The third-order valence-electron chi connectivity index (χ3n) is 3.63. The topological polar surface area (TPSA) is 72.8 Å². The second kappa shape index (κ2) is 8.95. The van der Waals surface area contributed by atoms with Crippen LogP contribution >= 0.6 is 7.60 Å². The number of carboxylic acids is 1. The summed E-state index contributed by atoms with van der Waals surface area (Å²) in [6.07, 6.45) is 0.0843. The van der Waals surface area contributed by atoms with Crippen LogP contribution in [0, 0.1) is 0 Å². The van der Waals surface area contributed by atoms with Crippen molar-refractivity contribution in [2.45, 2.75) is 26.4 Å². The van der Waals surface area contributed by atoms with Crippen LogP contribution in [-0.4, -0.2) is 24.3 Å². The molecule has 0 aliphatic heterocycles. The highest BCUT2D eigenvalue weighted by Crippen LogP contribution is 2.52. The number of aliphatic carboxylic acids is 1. The number of benzene rings is 2. The fourth-order valence-corrected chi connectivity index (χ4v) is 4.40. The van der Waals surface area contributed by atoms with E-state index in [0.29, 0.717) is 18.8 Å². The van der Waals surface area contributed by atoms with E-state index in [0.717, 1.165) is 16.7 Å². The third kappa shape index (κ3) is 5.53. The molecule has 0 atom stereocenters. The monoisotopic (exact) mass is 362 g/mol. The van der Waals surface area contributed by atoms with Crippen molar-refractivity contribution in [3.63, 3.8) is 0 Å². The van der Waals surface area contributed by atoms with Crippen molar-refractivity contribution in [1.82, 2.24) is 0 Å². The highest BCUT2D eigenvalue weighted by molar-refractivity contribution is 7.53. The first kappa shape index (κ1) is 19.4. The molecule has 0 unspecified atom stereocenters. The lowest BCUT2D eigenvalue weighted by atomic mass is 9.97. The van der Waals surface area contributed by atoms with Crippen LogP contribution < -0.4 is 0 Å². The molecule has 134 valence electrons. The van der Waals surface area contributed by atoms with E-state index in [4.69, 9.17) is 14.2 Å². The van der Waals surface area contributed by atoms with Crippen molar-refractivity contribution in [1.29, 1.82) is 0 Å². The van der Waals surface area contributed by atoms with Crippen LogP contribution in [0.3, 0.4) is 0 Å². The lowest BCUT2D eigenvalue weighted by molar-refractivity contribution is -0.136. The van der Waals surface area contributed by atoms with Crippen LogP contribution in [0.25, 0.3) is 11.1 Å². The fraction of sp³-hybridized carbons (Fsp3) is 0.316. The quantitative estimate of drug-likeness (QED) is 0.652. The van der Waals surface area contributed by atoms with Gasteiger partial charge in [0.25, 0.3) is 0 Å². The zero-order valence-corrected chi connectivity index (χ0v) is 15.4. The first-order valence-corrected chi connectivity index (χ1v) is 9.97. The Hall–Kier alpha value is -1.94. The second-order valence-corrected chi connectivity index (χ2v) is 7.59. The molecule has 0 aliphatic rings. The molecule has 0 fully saturated rings. The van der Waals surface area contributed by atoms with Gasteiger partial charge in [-0.25, -0.2) is 0 Å². The number of carboxylic acid groups (broad SMARTS) is 1. The van der Waals surface area contributed by atoms with Crippen LogP contribution in [0.4, 0.5) is 0 Å². The molecule has 0 radical (unpaired) electrons. The summed E-state index contributed by atoms with van der Waals surface area (Å²) in [4.78, 5) is 11.0. The normalized spacial score (nSPS) is 11.4. The van der Waals surface area contributed by atoms with Crippen molar-refractivity contribution in [2.75, 3.05) is 13.2 Å². The Morgan fingerprint density at radius 1 is 1.04 bits per heavy atom. The van der Waals surface area contributed by atoms with Crippen molar-refractivity contribution in [3.05, 3.63) is 59.7 Å². The molecule has 0 saturated heterocycles. The summed E-state index contributed by atoms with van der Waals surface area (Å²) in [5.41, 5.74) is 3.28. The molecule has 0 heterocycles. The highest BCUT2D eigenvalue weighted by Gasteiger charge is 2.26. The van der Waals surface area contributed by atoms with E-state index in [1.54, 1.807) is 19.9 Å². The maximum atomic E-state index is 12.9. The average Bonchev–Trinajstić information content (AvgIpc) is 2.57. The SMILES string of the molecule is CCOP(=O)(Cc1ccc(CC(=O)O)cc1-c1ccccc1)OCC. The van der Waals surface area contributed by atoms with Gasteiger partial charge < -0.3 is 14.2 Å². The van der Waals surface area contributed by atoms with Gasteiger partial charge in [-0.2, -0.15) is 0 Å². The molecule has 2 aromatic carbocycles. The smallest absolute Gasteiger partial charge is 0.335 e. The van der Waals surface area contributed by atoms with E-state index >= 15 is 0 Å². The van der Waals surface area contributed by atoms with Gasteiger partial charge in [0, 0.05) is 0 Å². The summed E-state index contributed by atoms with van der Waals surface area (Å²) in [7, 11) is -3.25. The van der Waals surface area contributed by atoms with Crippen molar-refractivity contribution in [3.8, 4) is 11.1 Å². The highest BCUT2D eigenvalue weighted by atomic mass is 31.2. The molecular formula is C19H23O5P. The first-order chi connectivity index (χ1) is 12.0. The van der Waals surface area contributed by atoms with Crippen molar-refractivity contribution < 1.29 is 23.5 Å². The van der Waals surface area contributed by atoms with Gasteiger partial charge in [-0.1, -0.05) is 48.5 Å². The maximum Gasteiger partial charge on any atom is 0.335 e. The van der Waals surface area contributed by atoms with E-state index in [2.05, 4.69) is 0 Å². The lowest BCUT2D eigenvalue weighted by Crippen LogP contribution is -2.03. The minimum absolute atomic E-state index is 0.0608. The lowest BCUT2D eigenvalue weighted by Gasteiger charge is -2.19. The molecule has 0 aliphatic carbocycles. The number of hydrogen-bond donors (Lipinski definition) is 1. The van der Waals surface area contributed by atoms with E-state index in [-0.39, 0.29) is 12.6 Å².